The number of nitrogens with two attached hydrogens (primary N) is 1. The molecule has 0 spiro atoms. The average molecular weight is 244 g/mol. The van der Waals surface area contributed by atoms with Crippen molar-refractivity contribution in [3.63, 3.8) is 0 Å². The van der Waals surface area contributed by atoms with Gasteiger partial charge in [0.25, 0.3) is 0 Å². The molecule has 0 heterocycles. The number of nitrogens with one attached hydrogen (secondary N) is 1. The Morgan fingerprint density at radius 1 is 1.56 bits per heavy atom. The quantitative estimate of drug-likeness (QED) is 0.369. The summed E-state index contributed by atoms with van der Waals surface area (Å²) >= 11 is 5.90. The smallest absolute Gasteiger partial charge is 0.128 e. The first-order chi connectivity index (χ1) is 7.69. The molecule has 0 atom stereocenters. The molecular weight excluding hydrogens is 229 g/mol. The van der Waals surface area contributed by atoms with E-state index in [1.54, 1.807) is 12.1 Å². The van der Waals surface area contributed by atoms with E-state index in [0.29, 0.717) is 23.0 Å². The lowest BCUT2D eigenvalue weighted by Gasteiger charge is -2.08. The van der Waals surface area contributed by atoms with E-state index in [4.69, 9.17) is 17.4 Å². The number of amidine groups is 1. The van der Waals surface area contributed by atoms with Gasteiger partial charge in [0.15, 0.2) is 0 Å². The fourth-order valence-electron chi connectivity index (χ4n) is 1.27. The van der Waals surface area contributed by atoms with Gasteiger partial charge in [0.1, 0.15) is 11.7 Å². The summed E-state index contributed by atoms with van der Waals surface area (Å²) in [5.41, 5.74) is 2.88. The minimum Gasteiger partial charge on any atom is -0.312 e. The summed E-state index contributed by atoms with van der Waals surface area (Å²) in [4.78, 5) is 4.19. The summed E-state index contributed by atoms with van der Waals surface area (Å²) in [6.07, 6.45) is 1.19. The molecule has 0 unspecified atom stereocenters. The SMILES string of the molecule is CCCN=C(Cc1c(F)cccc1Cl)NN. The van der Waals surface area contributed by atoms with E-state index in [2.05, 4.69) is 10.4 Å². The lowest BCUT2D eigenvalue weighted by Crippen LogP contribution is -2.32. The van der Waals surface area contributed by atoms with Crippen LogP contribution in [0, 0.1) is 5.82 Å². The molecule has 0 aliphatic heterocycles. The van der Waals surface area contributed by atoms with Gasteiger partial charge in [-0.1, -0.05) is 24.6 Å². The van der Waals surface area contributed by atoms with Gasteiger partial charge in [-0.15, -0.1) is 0 Å². The monoisotopic (exact) mass is 243 g/mol. The Kier molecular flexibility index (Phi) is 5.22. The lowest BCUT2D eigenvalue weighted by molar-refractivity contribution is 0.615. The predicted molar refractivity (Wildman–Crippen MR) is 65.0 cm³/mol. The molecule has 1 aromatic rings. The molecule has 0 radical (unpaired) electrons. The molecule has 16 heavy (non-hydrogen) atoms. The number of hydrogen-bond donors (Lipinski definition) is 2. The van der Waals surface area contributed by atoms with Crippen molar-refractivity contribution in [3.05, 3.63) is 34.6 Å². The van der Waals surface area contributed by atoms with Gasteiger partial charge < -0.3 is 5.43 Å². The van der Waals surface area contributed by atoms with E-state index in [1.165, 1.54) is 6.07 Å². The van der Waals surface area contributed by atoms with E-state index in [1.807, 2.05) is 6.92 Å². The van der Waals surface area contributed by atoms with Crippen LogP contribution in [0.5, 0.6) is 0 Å². The van der Waals surface area contributed by atoms with Gasteiger partial charge in [-0.2, -0.15) is 0 Å². The zero-order valence-corrected chi connectivity index (χ0v) is 9.89. The Morgan fingerprint density at radius 3 is 2.88 bits per heavy atom. The van der Waals surface area contributed by atoms with Crippen LogP contribution in [0.25, 0.3) is 0 Å². The molecule has 88 valence electrons. The number of nitrogens with zero attached hydrogens (tertiary/aromatic N) is 1. The Hall–Kier alpha value is -1.13. The molecule has 0 saturated carbocycles. The largest absolute Gasteiger partial charge is 0.312 e. The van der Waals surface area contributed by atoms with Gasteiger partial charge in [-0.05, 0) is 18.6 Å². The molecule has 5 heteroatoms. The summed E-state index contributed by atoms with van der Waals surface area (Å²) < 4.78 is 13.5. The molecule has 0 aromatic heterocycles. The molecule has 0 aliphatic carbocycles. The number of aliphatic imine (C=N–C) groups is 1. The standard InChI is InChI=1S/C11H15ClFN3/c1-2-6-15-11(16-14)7-8-9(12)4-3-5-10(8)13/h3-5H,2,6-7,14H2,1H3,(H,15,16). The van der Waals surface area contributed by atoms with Gasteiger partial charge >= 0.3 is 0 Å². The second kappa shape index (κ2) is 6.45. The van der Waals surface area contributed by atoms with Crippen molar-refractivity contribution in [1.29, 1.82) is 0 Å². The van der Waals surface area contributed by atoms with E-state index in [0.717, 1.165) is 6.42 Å². The maximum Gasteiger partial charge on any atom is 0.128 e. The third-order valence-corrected chi connectivity index (χ3v) is 2.45. The minimum absolute atomic E-state index is 0.280. The first-order valence-corrected chi connectivity index (χ1v) is 5.49. The number of rotatable bonds is 4. The molecule has 3 N–H and O–H groups in total. The normalized spacial score (nSPS) is 11.6. The van der Waals surface area contributed by atoms with Crippen LogP contribution in [0.3, 0.4) is 0 Å². The average Bonchev–Trinajstić information content (AvgIpc) is 2.28. The van der Waals surface area contributed by atoms with Gasteiger partial charge in [-0.3, -0.25) is 4.99 Å². The zero-order chi connectivity index (χ0) is 12.0. The number of halogens is 2. The first-order valence-electron chi connectivity index (χ1n) is 5.11. The molecular formula is C11H15ClFN3. The molecule has 1 rings (SSSR count). The number of hydrogen-bond acceptors (Lipinski definition) is 2. The summed E-state index contributed by atoms with van der Waals surface area (Å²) in [7, 11) is 0. The lowest BCUT2D eigenvalue weighted by atomic mass is 10.1. The first kappa shape index (κ1) is 12.9. The highest BCUT2D eigenvalue weighted by atomic mass is 35.5. The van der Waals surface area contributed by atoms with Crippen molar-refractivity contribution in [2.45, 2.75) is 19.8 Å². The second-order valence-corrected chi connectivity index (χ2v) is 3.76. The van der Waals surface area contributed by atoms with E-state index in [-0.39, 0.29) is 12.2 Å². The molecule has 0 aliphatic rings. The third kappa shape index (κ3) is 3.47. The van der Waals surface area contributed by atoms with Crippen molar-refractivity contribution in [1.82, 2.24) is 5.43 Å². The predicted octanol–water partition coefficient (Wildman–Crippen LogP) is 2.29. The van der Waals surface area contributed by atoms with Crippen molar-refractivity contribution in [2.75, 3.05) is 6.54 Å². The van der Waals surface area contributed by atoms with Gasteiger partial charge in [0.05, 0.1) is 0 Å². The maximum absolute atomic E-state index is 13.5. The van der Waals surface area contributed by atoms with Crippen LogP contribution < -0.4 is 11.3 Å². The molecule has 0 saturated heterocycles. The van der Waals surface area contributed by atoms with Gasteiger partial charge in [0.2, 0.25) is 0 Å². The van der Waals surface area contributed by atoms with E-state index >= 15 is 0 Å². The minimum atomic E-state index is -0.341. The van der Waals surface area contributed by atoms with Gasteiger partial charge in [-0.25, -0.2) is 10.2 Å². The maximum atomic E-state index is 13.5. The third-order valence-electron chi connectivity index (χ3n) is 2.10. The Labute approximate surface area is 99.5 Å². The Morgan fingerprint density at radius 2 is 2.31 bits per heavy atom. The fourth-order valence-corrected chi connectivity index (χ4v) is 1.50. The highest BCUT2D eigenvalue weighted by Crippen LogP contribution is 2.19. The summed E-state index contributed by atoms with van der Waals surface area (Å²) in [6, 6.07) is 4.59. The number of hydrazine groups is 1. The summed E-state index contributed by atoms with van der Waals surface area (Å²) in [5.74, 6) is 5.51. The fraction of sp³-hybridized carbons (Fsp3) is 0.364. The Bertz CT molecular complexity index is 359. The Balaban J connectivity index is 2.85. The van der Waals surface area contributed by atoms with Gasteiger partial charge in [0, 0.05) is 23.6 Å². The molecule has 1 aromatic carbocycles. The van der Waals surface area contributed by atoms with Crippen LogP contribution in [0.1, 0.15) is 18.9 Å². The molecule has 0 bridgehead atoms. The summed E-state index contributed by atoms with van der Waals surface area (Å²) in [6.45, 7) is 2.67. The van der Waals surface area contributed by atoms with E-state index < -0.39 is 0 Å². The van der Waals surface area contributed by atoms with Crippen molar-refractivity contribution < 1.29 is 4.39 Å². The van der Waals surface area contributed by atoms with Crippen LogP contribution >= 0.6 is 11.6 Å². The van der Waals surface area contributed by atoms with Crippen molar-refractivity contribution in [3.8, 4) is 0 Å². The molecule has 0 fully saturated rings. The van der Waals surface area contributed by atoms with Crippen molar-refractivity contribution in [2.24, 2.45) is 10.8 Å². The van der Waals surface area contributed by atoms with E-state index in [9.17, 15) is 4.39 Å². The summed E-state index contributed by atoms with van der Waals surface area (Å²) in [5, 5.41) is 0.388. The van der Waals surface area contributed by atoms with Crippen molar-refractivity contribution >= 4 is 17.4 Å². The topological polar surface area (TPSA) is 50.4 Å². The highest BCUT2D eigenvalue weighted by molar-refractivity contribution is 6.31. The zero-order valence-electron chi connectivity index (χ0n) is 9.13. The van der Waals surface area contributed by atoms with Crippen LogP contribution in [0.2, 0.25) is 5.02 Å². The van der Waals surface area contributed by atoms with Crippen LogP contribution in [0.15, 0.2) is 23.2 Å². The highest BCUT2D eigenvalue weighted by Gasteiger charge is 2.09. The van der Waals surface area contributed by atoms with Crippen LogP contribution in [-0.4, -0.2) is 12.4 Å². The second-order valence-electron chi connectivity index (χ2n) is 3.35. The number of benzene rings is 1. The van der Waals surface area contributed by atoms with Crippen LogP contribution in [0.4, 0.5) is 4.39 Å². The van der Waals surface area contributed by atoms with Crippen LogP contribution in [-0.2, 0) is 6.42 Å². The molecule has 0 amide bonds. The molecule has 3 nitrogen and oxygen atoms in total.